The average molecular weight is 252 g/mol. The standard InChI is InChI=1S/C6H15N.2C2H4O2.CH5N/c1-4-7(5-2)6-3;2*1-2(3)4;1-2/h4-6H2,1-3H3;2*1H3,(H,3,4);2H2,1H3. The van der Waals surface area contributed by atoms with Crippen molar-refractivity contribution in [2.75, 3.05) is 26.7 Å². The lowest BCUT2D eigenvalue weighted by Crippen LogP contribution is -2.21. The van der Waals surface area contributed by atoms with E-state index < -0.39 is 11.9 Å². The quantitative estimate of drug-likeness (QED) is 0.695. The van der Waals surface area contributed by atoms with Crippen LogP contribution in [0.15, 0.2) is 0 Å². The largest absolute Gasteiger partial charge is 0.481 e. The van der Waals surface area contributed by atoms with Crippen molar-refractivity contribution in [2.24, 2.45) is 5.73 Å². The summed E-state index contributed by atoms with van der Waals surface area (Å²) in [5, 5.41) is 14.8. The molecule has 0 saturated heterocycles. The molecular formula is C11H28N2O4. The predicted molar refractivity (Wildman–Crippen MR) is 70.2 cm³/mol. The van der Waals surface area contributed by atoms with E-state index in [1.807, 2.05) is 0 Å². The molecule has 0 unspecified atom stereocenters. The fraction of sp³-hybridized carbons (Fsp3) is 0.818. The number of aliphatic carboxylic acids is 2. The molecule has 0 aromatic heterocycles. The van der Waals surface area contributed by atoms with E-state index in [2.05, 4.69) is 31.4 Å². The maximum absolute atomic E-state index is 9.00. The number of carboxylic acid groups (broad SMARTS) is 2. The van der Waals surface area contributed by atoms with Crippen molar-refractivity contribution < 1.29 is 19.8 Å². The van der Waals surface area contributed by atoms with Crippen molar-refractivity contribution in [2.45, 2.75) is 34.6 Å². The zero-order chi connectivity index (χ0) is 14.9. The van der Waals surface area contributed by atoms with Crippen LogP contribution in [0, 0.1) is 0 Å². The van der Waals surface area contributed by atoms with Gasteiger partial charge >= 0.3 is 0 Å². The maximum Gasteiger partial charge on any atom is 0.300 e. The summed E-state index contributed by atoms with van der Waals surface area (Å²) in [6.45, 7) is 12.3. The monoisotopic (exact) mass is 252 g/mol. The molecule has 0 spiro atoms. The van der Waals surface area contributed by atoms with Crippen molar-refractivity contribution in [1.29, 1.82) is 0 Å². The van der Waals surface area contributed by atoms with Gasteiger partial charge in [-0.05, 0) is 26.7 Å². The predicted octanol–water partition coefficient (Wildman–Crippen LogP) is 1.10. The van der Waals surface area contributed by atoms with Gasteiger partial charge in [0.25, 0.3) is 11.9 Å². The van der Waals surface area contributed by atoms with Gasteiger partial charge in [0, 0.05) is 13.8 Å². The number of hydrogen-bond donors (Lipinski definition) is 3. The van der Waals surface area contributed by atoms with E-state index in [0.29, 0.717) is 0 Å². The van der Waals surface area contributed by atoms with E-state index in [1.165, 1.54) is 26.7 Å². The van der Waals surface area contributed by atoms with E-state index in [1.54, 1.807) is 0 Å². The summed E-state index contributed by atoms with van der Waals surface area (Å²) in [6, 6.07) is 0. The van der Waals surface area contributed by atoms with Gasteiger partial charge in [0.1, 0.15) is 0 Å². The third-order valence-corrected chi connectivity index (χ3v) is 1.34. The van der Waals surface area contributed by atoms with Crippen LogP contribution in [0.5, 0.6) is 0 Å². The molecule has 0 bridgehead atoms. The molecule has 0 radical (unpaired) electrons. The molecule has 0 aromatic carbocycles. The number of carbonyl (C=O) groups is 2. The smallest absolute Gasteiger partial charge is 0.300 e. The summed E-state index contributed by atoms with van der Waals surface area (Å²) in [7, 11) is 1.50. The summed E-state index contributed by atoms with van der Waals surface area (Å²) in [6.07, 6.45) is 0. The molecule has 0 rings (SSSR count). The first kappa shape index (κ1) is 24.9. The third kappa shape index (κ3) is 104. The van der Waals surface area contributed by atoms with Crippen molar-refractivity contribution in [3.63, 3.8) is 0 Å². The molecule has 17 heavy (non-hydrogen) atoms. The Morgan fingerprint density at radius 1 is 0.882 bits per heavy atom. The normalized spacial score (nSPS) is 7.53. The molecule has 106 valence electrons. The van der Waals surface area contributed by atoms with Crippen LogP contribution in [0.4, 0.5) is 0 Å². The zero-order valence-corrected chi connectivity index (χ0v) is 11.9. The second kappa shape index (κ2) is 24.2. The van der Waals surface area contributed by atoms with Crippen molar-refractivity contribution in [3.05, 3.63) is 0 Å². The minimum atomic E-state index is -0.833. The SMILES string of the molecule is CC(=O)O.CC(=O)O.CCN(CC)CC.CN. The van der Waals surface area contributed by atoms with Gasteiger partial charge in [0.05, 0.1) is 0 Å². The van der Waals surface area contributed by atoms with Crippen LogP contribution in [0.2, 0.25) is 0 Å². The maximum atomic E-state index is 9.00. The first-order valence-corrected chi connectivity index (χ1v) is 5.50. The lowest BCUT2D eigenvalue weighted by atomic mass is 10.5. The Bertz CT molecular complexity index is 134. The van der Waals surface area contributed by atoms with Gasteiger partial charge in [-0.3, -0.25) is 9.59 Å². The highest BCUT2D eigenvalue weighted by molar-refractivity contribution is 5.63. The lowest BCUT2D eigenvalue weighted by molar-refractivity contribution is -0.135. The average Bonchev–Trinajstić information content (AvgIpc) is 2.22. The number of carboxylic acids is 2. The van der Waals surface area contributed by atoms with Gasteiger partial charge in [-0.25, -0.2) is 0 Å². The van der Waals surface area contributed by atoms with Crippen LogP contribution in [0.25, 0.3) is 0 Å². The van der Waals surface area contributed by atoms with Crippen LogP contribution in [-0.4, -0.2) is 53.7 Å². The lowest BCUT2D eigenvalue weighted by Gasteiger charge is -2.13. The molecular weight excluding hydrogens is 224 g/mol. The van der Waals surface area contributed by atoms with Crippen LogP contribution >= 0.6 is 0 Å². The highest BCUT2D eigenvalue weighted by Gasteiger charge is 1.89. The fourth-order valence-corrected chi connectivity index (χ4v) is 0.671. The third-order valence-electron chi connectivity index (χ3n) is 1.34. The van der Waals surface area contributed by atoms with Crippen LogP contribution in [-0.2, 0) is 9.59 Å². The first-order valence-electron chi connectivity index (χ1n) is 5.50. The Morgan fingerprint density at radius 3 is 1.00 bits per heavy atom. The number of rotatable bonds is 3. The number of nitrogens with zero attached hydrogens (tertiary/aromatic N) is 1. The van der Waals surface area contributed by atoms with Crippen LogP contribution in [0.1, 0.15) is 34.6 Å². The molecule has 0 heterocycles. The summed E-state index contributed by atoms with van der Waals surface area (Å²) in [5.41, 5.74) is 4.50. The summed E-state index contributed by atoms with van der Waals surface area (Å²) in [4.78, 5) is 20.4. The molecule has 0 aromatic rings. The Balaban J connectivity index is -0.0000000733. The second-order valence-corrected chi connectivity index (χ2v) is 2.66. The van der Waals surface area contributed by atoms with Gasteiger partial charge in [0.15, 0.2) is 0 Å². The van der Waals surface area contributed by atoms with E-state index in [0.717, 1.165) is 13.8 Å². The zero-order valence-electron chi connectivity index (χ0n) is 11.9. The Kier molecular flexibility index (Phi) is 35.4. The van der Waals surface area contributed by atoms with E-state index in [9.17, 15) is 0 Å². The molecule has 0 fully saturated rings. The van der Waals surface area contributed by atoms with Crippen molar-refractivity contribution in [1.82, 2.24) is 4.90 Å². The highest BCUT2D eigenvalue weighted by atomic mass is 16.4. The van der Waals surface area contributed by atoms with Crippen molar-refractivity contribution >= 4 is 11.9 Å². The number of hydrogen-bond acceptors (Lipinski definition) is 4. The molecule has 0 atom stereocenters. The van der Waals surface area contributed by atoms with Gasteiger partial charge in [-0.15, -0.1) is 0 Å². The molecule has 0 saturated carbocycles. The Labute approximate surface area is 104 Å². The molecule has 0 aliphatic rings. The summed E-state index contributed by atoms with van der Waals surface area (Å²) < 4.78 is 0. The van der Waals surface area contributed by atoms with Crippen LogP contribution < -0.4 is 5.73 Å². The summed E-state index contributed by atoms with van der Waals surface area (Å²) in [5.74, 6) is -1.67. The molecule has 6 heteroatoms. The molecule has 0 aliphatic heterocycles. The van der Waals surface area contributed by atoms with Gasteiger partial charge in [0.2, 0.25) is 0 Å². The minimum Gasteiger partial charge on any atom is -0.481 e. The van der Waals surface area contributed by atoms with E-state index in [4.69, 9.17) is 19.8 Å². The second-order valence-electron chi connectivity index (χ2n) is 2.66. The highest BCUT2D eigenvalue weighted by Crippen LogP contribution is 1.81. The topological polar surface area (TPSA) is 104 Å². The first-order chi connectivity index (χ1) is 7.81. The Hall–Kier alpha value is -1.14. The van der Waals surface area contributed by atoms with Gasteiger partial charge in [-0.1, -0.05) is 20.8 Å². The number of nitrogens with two attached hydrogens (primary N) is 1. The molecule has 0 aliphatic carbocycles. The van der Waals surface area contributed by atoms with Gasteiger partial charge in [-0.2, -0.15) is 0 Å². The summed E-state index contributed by atoms with van der Waals surface area (Å²) >= 11 is 0. The fourth-order valence-electron chi connectivity index (χ4n) is 0.671. The van der Waals surface area contributed by atoms with Crippen LogP contribution in [0.3, 0.4) is 0 Å². The van der Waals surface area contributed by atoms with Crippen molar-refractivity contribution in [3.8, 4) is 0 Å². The molecule has 4 N–H and O–H groups in total. The molecule has 0 amide bonds. The minimum absolute atomic E-state index is 0.833. The van der Waals surface area contributed by atoms with E-state index >= 15 is 0 Å². The Morgan fingerprint density at radius 2 is 1.00 bits per heavy atom. The van der Waals surface area contributed by atoms with E-state index in [-0.39, 0.29) is 0 Å². The molecule has 6 nitrogen and oxygen atoms in total. The van der Waals surface area contributed by atoms with Gasteiger partial charge < -0.3 is 20.8 Å².